The van der Waals surface area contributed by atoms with Gasteiger partial charge in [-0.2, -0.15) is 0 Å². The quantitative estimate of drug-likeness (QED) is 0.116. The van der Waals surface area contributed by atoms with Crippen LogP contribution >= 0.6 is 0 Å². The predicted octanol–water partition coefficient (Wildman–Crippen LogP) is 15.6. The van der Waals surface area contributed by atoms with Crippen molar-refractivity contribution in [1.82, 2.24) is 0 Å². The van der Waals surface area contributed by atoms with Crippen molar-refractivity contribution in [1.29, 1.82) is 0 Å². The molecule has 374 valence electrons. The van der Waals surface area contributed by atoms with E-state index in [1.54, 1.807) is 0 Å². The van der Waals surface area contributed by atoms with Crippen LogP contribution in [0.3, 0.4) is 0 Å². The van der Waals surface area contributed by atoms with Crippen molar-refractivity contribution in [3.05, 3.63) is 229 Å². The number of anilines is 6. The molecule has 0 saturated carbocycles. The summed E-state index contributed by atoms with van der Waals surface area (Å²) in [5.74, 6) is 0. The lowest BCUT2D eigenvalue weighted by molar-refractivity contribution is 0.590. The van der Waals surface area contributed by atoms with Crippen molar-refractivity contribution >= 4 is 80.9 Å². The van der Waals surface area contributed by atoms with Crippen LogP contribution in [0.15, 0.2) is 206 Å². The van der Waals surface area contributed by atoms with E-state index in [9.17, 15) is 0 Å². The molecule has 0 spiro atoms. The minimum Gasteiger partial charge on any atom is -0.311 e. The van der Waals surface area contributed by atoms with E-state index >= 15 is 0 Å². The number of aryl methyl sites for hydroxylation is 1. The molecule has 4 heteroatoms. The van der Waals surface area contributed by atoms with E-state index in [4.69, 9.17) is 0 Å². The van der Waals surface area contributed by atoms with E-state index < -0.39 is 8.07 Å². The lowest BCUT2D eigenvalue weighted by Crippen LogP contribution is -2.73. The molecular formula is C71H73BN2Si. The standard InChI is InChI=1S/C71H73BN2Si/c1-48-42-64-66-65(43-48)74(67-58(49-26-18-14-19-27-49)44-53(70(8,9)10)45-59(67)50-28-20-15-21-29-50)63-41-39-57(75(71(11,12)13,55-30-22-16-23-31-55)56-32-24-17-25-33-56)47-61(63)72(66)60-46-52(69(5,6)7)36-40-62(60)73(64)54-37-34-51(35-38-54)68(2,3)4/h14-47H,1-13H3. The van der Waals surface area contributed by atoms with Crippen molar-refractivity contribution in [3.63, 3.8) is 0 Å². The minimum atomic E-state index is -2.83. The Kier molecular flexibility index (Phi) is 12.2. The van der Waals surface area contributed by atoms with Gasteiger partial charge in [0.15, 0.2) is 8.07 Å². The number of hydrogen-bond donors (Lipinski definition) is 0. The maximum absolute atomic E-state index is 2.83. The normalized spacial score (nSPS) is 13.6. The van der Waals surface area contributed by atoms with Gasteiger partial charge in [-0.05, 0) is 142 Å². The highest BCUT2D eigenvalue weighted by atomic mass is 28.3. The molecule has 2 heterocycles. The molecule has 11 rings (SSSR count). The first-order chi connectivity index (χ1) is 35.7. The fraction of sp³-hybridized carbons (Fsp3) is 0.239. The van der Waals surface area contributed by atoms with Crippen molar-refractivity contribution in [2.75, 3.05) is 9.80 Å². The summed E-state index contributed by atoms with van der Waals surface area (Å²) in [6.45, 7) is 30.7. The van der Waals surface area contributed by atoms with E-state index in [0.29, 0.717) is 0 Å². The van der Waals surface area contributed by atoms with Gasteiger partial charge in [0.25, 0.3) is 6.71 Å². The van der Waals surface area contributed by atoms with Crippen LogP contribution in [-0.4, -0.2) is 14.8 Å². The molecule has 0 atom stereocenters. The van der Waals surface area contributed by atoms with E-state index in [1.807, 2.05) is 0 Å². The van der Waals surface area contributed by atoms with Gasteiger partial charge < -0.3 is 9.80 Å². The Labute approximate surface area is 450 Å². The SMILES string of the molecule is Cc1cc2c3c(c1)N(c1c(-c4ccccc4)cc(C(C)(C)C)cc1-c1ccccc1)c1ccc([Si](c4ccccc4)(c4ccccc4)C(C)(C)C)cc1B3c1cc(C(C)(C)C)ccc1N2c1ccc(C(C)(C)C)cc1. The summed E-state index contributed by atoms with van der Waals surface area (Å²) in [5.41, 5.74) is 21.2. The Morgan fingerprint density at radius 1 is 0.360 bits per heavy atom. The Morgan fingerprint density at radius 3 is 1.27 bits per heavy atom. The van der Waals surface area contributed by atoms with Gasteiger partial charge in [0.05, 0.1) is 5.69 Å². The third kappa shape index (κ3) is 8.50. The molecule has 0 N–H and O–H groups in total. The number of nitrogens with zero attached hydrogens (tertiary/aromatic N) is 2. The minimum absolute atomic E-state index is 0.0238. The smallest absolute Gasteiger partial charge is 0.252 e. The largest absolute Gasteiger partial charge is 0.311 e. The van der Waals surface area contributed by atoms with Crippen molar-refractivity contribution in [3.8, 4) is 22.3 Å². The second-order valence-corrected chi connectivity index (χ2v) is 30.3. The predicted molar refractivity (Wildman–Crippen MR) is 329 cm³/mol. The first-order valence-corrected chi connectivity index (χ1v) is 29.2. The molecule has 2 aliphatic rings. The molecule has 9 aromatic carbocycles. The zero-order chi connectivity index (χ0) is 52.8. The second kappa shape index (κ2) is 18.3. The summed E-state index contributed by atoms with van der Waals surface area (Å²) in [7, 11) is -2.83. The first kappa shape index (κ1) is 50.0. The van der Waals surface area contributed by atoms with Crippen LogP contribution in [-0.2, 0) is 16.2 Å². The van der Waals surface area contributed by atoms with Crippen molar-refractivity contribution in [2.24, 2.45) is 0 Å². The molecule has 0 saturated heterocycles. The van der Waals surface area contributed by atoms with Gasteiger partial charge in [0.2, 0.25) is 0 Å². The third-order valence-corrected chi connectivity index (χ3v) is 22.2. The highest BCUT2D eigenvalue weighted by Crippen LogP contribution is 2.52. The van der Waals surface area contributed by atoms with Crippen molar-refractivity contribution < 1.29 is 0 Å². The summed E-state index contributed by atoms with van der Waals surface area (Å²) < 4.78 is 0. The maximum atomic E-state index is 2.70. The van der Waals surface area contributed by atoms with E-state index in [2.05, 4.69) is 306 Å². The zero-order valence-corrected chi connectivity index (χ0v) is 47.6. The lowest BCUT2D eigenvalue weighted by Gasteiger charge is -2.47. The molecule has 0 amide bonds. The van der Waals surface area contributed by atoms with Gasteiger partial charge in [-0.1, -0.05) is 241 Å². The van der Waals surface area contributed by atoms with Crippen LogP contribution in [0.25, 0.3) is 22.3 Å². The number of benzene rings is 9. The van der Waals surface area contributed by atoms with E-state index in [-0.39, 0.29) is 28.0 Å². The van der Waals surface area contributed by atoms with Crippen LogP contribution < -0.4 is 41.7 Å². The molecule has 2 nitrogen and oxygen atoms in total. The molecule has 0 unspecified atom stereocenters. The van der Waals surface area contributed by atoms with Gasteiger partial charge >= 0.3 is 0 Å². The maximum Gasteiger partial charge on any atom is 0.252 e. The third-order valence-electron chi connectivity index (χ3n) is 16.4. The van der Waals surface area contributed by atoms with Crippen LogP contribution in [0.4, 0.5) is 34.1 Å². The molecule has 9 aromatic rings. The van der Waals surface area contributed by atoms with Crippen molar-refractivity contribution in [2.45, 2.75) is 111 Å². The fourth-order valence-electron chi connectivity index (χ4n) is 12.6. The number of fused-ring (bicyclic) bond motifs is 4. The van der Waals surface area contributed by atoms with Gasteiger partial charge in [0, 0.05) is 39.6 Å². The summed E-state index contributed by atoms with van der Waals surface area (Å²) in [6.07, 6.45) is 0. The fourth-order valence-corrected chi connectivity index (χ4v) is 18.3. The molecule has 0 aromatic heterocycles. The summed E-state index contributed by atoms with van der Waals surface area (Å²) in [4.78, 5) is 5.29. The Balaban J connectivity index is 1.33. The number of hydrogen-bond acceptors (Lipinski definition) is 2. The average Bonchev–Trinajstić information content (AvgIpc) is 3.49. The summed E-state index contributed by atoms with van der Waals surface area (Å²) >= 11 is 0. The van der Waals surface area contributed by atoms with Gasteiger partial charge in [0.1, 0.15) is 0 Å². The van der Waals surface area contributed by atoms with Crippen LogP contribution in [0.2, 0.25) is 5.04 Å². The molecule has 0 fully saturated rings. The Hall–Kier alpha value is -7.14. The average molecular weight is 993 g/mol. The second-order valence-electron chi connectivity index (χ2n) is 25.5. The summed E-state index contributed by atoms with van der Waals surface area (Å²) in [6, 6.07) is 79.8. The van der Waals surface area contributed by atoms with Crippen LogP contribution in [0.1, 0.15) is 105 Å². The van der Waals surface area contributed by atoms with Gasteiger partial charge in [-0.25, -0.2) is 0 Å². The van der Waals surface area contributed by atoms with Crippen LogP contribution in [0.5, 0.6) is 0 Å². The van der Waals surface area contributed by atoms with Crippen LogP contribution in [0, 0.1) is 6.92 Å². The summed E-state index contributed by atoms with van der Waals surface area (Å²) in [5, 5.41) is 4.16. The highest BCUT2D eigenvalue weighted by molar-refractivity contribution is 7.13. The highest BCUT2D eigenvalue weighted by Gasteiger charge is 2.51. The molecule has 2 aliphatic heterocycles. The van der Waals surface area contributed by atoms with E-state index in [0.717, 1.165) is 0 Å². The monoisotopic (exact) mass is 993 g/mol. The van der Waals surface area contributed by atoms with Gasteiger partial charge in [-0.3, -0.25) is 0 Å². The molecule has 0 radical (unpaired) electrons. The zero-order valence-electron chi connectivity index (χ0n) is 46.6. The number of rotatable bonds is 7. The van der Waals surface area contributed by atoms with E-state index in [1.165, 1.54) is 111 Å². The molecular weight excluding hydrogens is 920 g/mol. The first-order valence-electron chi connectivity index (χ1n) is 27.2. The molecule has 0 aliphatic carbocycles. The Morgan fingerprint density at radius 2 is 0.787 bits per heavy atom. The topological polar surface area (TPSA) is 6.48 Å². The molecule has 0 bridgehead atoms. The molecule has 75 heavy (non-hydrogen) atoms. The van der Waals surface area contributed by atoms with Gasteiger partial charge in [-0.15, -0.1) is 0 Å². The lowest BCUT2D eigenvalue weighted by atomic mass is 9.33. The Bertz CT molecular complexity index is 3470.